The zero-order chi connectivity index (χ0) is 18.9. The molecule has 5 heteroatoms. The van der Waals surface area contributed by atoms with Crippen molar-refractivity contribution in [1.29, 1.82) is 0 Å². The van der Waals surface area contributed by atoms with E-state index < -0.39 is 0 Å². The smallest absolute Gasteiger partial charge is 0.244 e. The van der Waals surface area contributed by atoms with E-state index >= 15 is 0 Å². The van der Waals surface area contributed by atoms with Crippen molar-refractivity contribution in [2.24, 2.45) is 5.10 Å². The fraction of sp³-hybridized carbons (Fsp3) is 0.333. The molecule has 0 aromatic heterocycles. The van der Waals surface area contributed by atoms with Crippen molar-refractivity contribution in [3.8, 4) is 11.5 Å². The Morgan fingerprint density at radius 3 is 2.19 bits per heavy atom. The maximum atomic E-state index is 12.1. The van der Waals surface area contributed by atoms with Gasteiger partial charge in [0.1, 0.15) is 0 Å². The van der Waals surface area contributed by atoms with Crippen molar-refractivity contribution in [1.82, 2.24) is 5.43 Å². The lowest BCUT2D eigenvalue weighted by Gasteiger charge is -2.19. The Hall–Kier alpha value is -2.82. The number of carbonyl (C=O) groups is 1. The van der Waals surface area contributed by atoms with Gasteiger partial charge in [-0.3, -0.25) is 4.79 Å². The molecular weight excluding hydrogens is 328 g/mol. The van der Waals surface area contributed by atoms with E-state index in [4.69, 9.17) is 9.47 Å². The van der Waals surface area contributed by atoms with Crippen LogP contribution in [0.15, 0.2) is 41.5 Å². The number of nitrogens with zero attached hydrogens (tertiary/aromatic N) is 1. The minimum Gasteiger partial charge on any atom is -0.493 e. The quantitative estimate of drug-likeness (QED) is 0.921. The Bertz CT molecular complexity index is 862. The summed E-state index contributed by atoms with van der Waals surface area (Å²) in [5.74, 6) is 1.06. The number of carbonyl (C=O) groups excluding carboxylic acids is 1. The summed E-state index contributed by atoms with van der Waals surface area (Å²) in [6.45, 7) is 6.54. The fourth-order valence-corrected chi connectivity index (χ4v) is 3.03. The van der Waals surface area contributed by atoms with E-state index in [2.05, 4.69) is 43.4 Å². The molecule has 0 saturated carbocycles. The Labute approximate surface area is 154 Å². The Balaban J connectivity index is 2.12. The molecule has 0 spiro atoms. The van der Waals surface area contributed by atoms with Gasteiger partial charge in [-0.25, -0.2) is 5.43 Å². The number of nitrogens with one attached hydrogen (secondary N) is 1. The monoisotopic (exact) mass is 352 g/mol. The van der Waals surface area contributed by atoms with Gasteiger partial charge in [-0.1, -0.05) is 45.0 Å². The molecule has 3 rings (SSSR count). The molecule has 1 heterocycles. The second kappa shape index (κ2) is 6.83. The second-order valence-electron chi connectivity index (χ2n) is 7.36. The first kappa shape index (κ1) is 18.0. The van der Waals surface area contributed by atoms with Crippen LogP contribution >= 0.6 is 0 Å². The van der Waals surface area contributed by atoms with Gasteiger partial charge in [-0.05, 0) is 28.7 Å². The van der Waals surface area contributed by atoms with E-state index in [0.717, 1.165) is 16.7 Å². The van der Waals surface area contributed by atoms with Crippen molar-refractivity contribution in [3.05, 3.63) is 58.7 Å². The summed E-state index contributed by atoms with van der Waals surface area (Å²) in [6.07, 6.45) is 0.239. The topological polar surface area (TPSA) is 59.9 Å². The molecule has 0 radical (unpaired) electrons. The third-order valence-electron chi connectivity index (χ3n) is 4.53. The van der Waals surface area contributed by atoms with E-state index in [0.29, 0.717) is 17.2 Å². The van der Waals surface area contributed by atoms with Gasteiger partial charge in [-0.2, -0.15) is 5.10 Å². The summed E-state index contributed by atoms with van der Waals surface area (Å²) in [6, 6.07) is 12.0. The van der Waals surface area contributed by atoms with E-state index in [-0.39, 0.29) is 17.7 Å². The average Bonchev–Trinajstić information content (AvgIpc) is 2.77. The number of methoxy groups -OCH3 is 2. The van der Waals surface area contributed by atoms with E-state index in [1.165, 1.54) is 5.56 Å². The van der Waals surface area contributed by atoms with Gasteiger partial charge in [0.05, 0.1) is 26.4 Å². The van der Waals surface area contributed by atoms with Crippen LogP contribution in [0.5, 0.6) is 11.5 Å². The fourth-order valence-electron chi connectivity index (χ4n) is 3.03. The first-order chi connectivity index (χ1) is 12.3. The molecule has 2 aromatic rings. The summed E-state index contributed by atoms with van der Waals surface area (Å²) in [7, 11) is 3.18. The third kappa shape index (κ3) is 3.43. The molecule has 1 aliphatic heterocycles. The van der Waals surface area contributed by atoms with E-state index in [1.54, 1.807) is 14.2 Å². The zero-order valence-electron chi connectivity index (χ0n) is 15.8. The number of amides is 1. The minimum atomic E-state index is -0.153. The lowest BCUT2D eigenvalue weighted by molar-refractivity contribution is -0.120. The summed E-state index contributed by atoms with van der Waals surface area (Å²) in [5, 5.41) is 4.36. The molecule has 0 unspecified atom stereocenters. The zero-order valence-corrected chi connectivity index (χ0v) is 15.8. The van der Waals surface area contributed by atoms with Crippen molar-refractivity contribution < 1.29 is 14.3 Å². The highest BCUT2D eigenvalue weighted by molar-refractivity contribution is 6.15. The van der Waals surface area contributed by atoms with Crippen molar-refractivity contribution in [2.45, 2.75) is 32.6 Å². The number of hydrogen-bond acceptors (Lipinski definition) is 4. The van der Waals surface area contributed by atoms with Crippen LogP contribution in [-0.4, -0.2) is 25.8 Å². The van der Waals surface area contributed by atoms with Crippen LogP contribution in [0, 0.1) is 0 Å². The molecule has 0 fully saturated rings. The van der Waals surface area contributed by atoms with Crippen LogP contribution in [0.1, 0.15) is 43.0 Å². The molecule has 0 aliphatic carbocycles. The van der Waals surface area contributed by atoms with E-state index in [1.807, 2.05) is 24.3 Å². The molecular formula is C21H24N2O3. The highest BCUT2D eigenvalue weighted by atomic mass is 16.5. The van der Waals surface area contributed by atoms with Crippen LogP contribution in [0.25, 0.3) is 0 Å². The van der Waals surface area contributed by atoms with Crippen LogP contribution in [-0.2, 0) is 16.6 Å². The highest BCUT2D eigenvalue weighted by Gasteiger charge is 2.22. The average molecular weight is 352 g/mol. The molecule has 26 heavy (non-hydrogen) atoms. The summed E-state index contributed by atoms with van der Waals surface area (Å²) >= 11 is 0. The minimum absolute atomic E-state index is 0.0759. The molecule has 1 aliphatic rings. The van der Waals surface area contributed by atoms with Gasteiger partial charge in [0, 0.05) is 11.1 Å². The normalized spacial score (nSPS) is 14.0. The van der Waals surface area contributed by atoms with Crippen molar-refractivity contribution >= 4 is 11.6 Å². The predicted octanol–water partition coefficient (Wildman–Crippen LogP) is 3.43. The summed E-state index contributed by atoms with van der Waals surface area (Å²) < 4.78 is 10.8. The molecule has 1 amide bonds. The van der Waals surface area contributed by atoms with Crippen LogP contribution in [0.2, 0.25) is 0 Å². The number of hydrogen-bond donors (Lipinski definition) is 1. The van der Waals surface area contributed by atoms with Gasteiger partial charge >= 0.3 is 0 Å². The summed E-state index contributed by atoms with van der Waals surface area (Å²) in [4.78, 5) is 12.1. The number of rotatable bonds is 3. The van der Waals surface area contributed by atoms with Crippen molar-refractivity contribution in [2.75, 3.05) is 14.2 Å². The highest BCUT2D eigenvalue weighted by Crippen LogP contribution is 2.33. The SMILES string of the molecule is COc1cc2c(cc1OC)C(c1ccc(C(C)(C)C)cc1)=NNC(=O)C2. The second-order valence-corrected chi connectivity index (χ2v) is 7.36. The van der Waals surface area contributed by atoms with Gasteiger partial charge in [0.2, 0.25) is 5.91 Å². The molecule has 0 bridgehead atoms. The Morgan fingerprint density at radius 2 is 1.62 bits per heavy atom. The largest absolute Gasteiger partial charge is 0.493 e. The third-order valence-corrected chi connectivity index (χ3v) is 4.53. The molecule has 2 aromatic carbocycles. The first-order valence-corrected chi connectivity index (χ1v) is 8.56. The van der Waals surface area contributed by atoms with E-state index in [9.17, 15) is 4.79 Å². The van der Waals surface area contributed by atoms with Crippen LogP contribution in [0.4, 0.5) is 0 Å². The number of ether oxygens (including phenoxy) is 2. The van der Waals surface area contributed by atoms with Gasteiger partial charge < -0.3 is 9.47 Å². The first-order valence-electron chi connectivity index (χ1n) is 8.56. The molecule has 0 saturated heterocycles. The number of benzene rings is 2. The van der Waals surface area contributed by atoms with Gasteiger partial charge in [-0.15, -0.1) is 0 Å². The van der Waals surface area contributed by atoms with Gasteiger partial charge in [0.25, 0.3) is 0 Å². The van der Waals surface area contributed by atoms with Gasteiger partial charge in [0.15, 0.2) is 11.5 Å². The lowest BCUT2D eigenvalue weighted by atomic mass is 9.86. The van der Waals surface area contributed by atoms with Crippen LogP contribution < -0.4 is 14.9 Å². The number of fused-ring (bicyclic) bond motifs is 1. The van der Waals surface area contributed by atoms with Crippen LogP contribution in [0.3, 0.4) is 0 Å². The summed E-state index contributed by atoms with van der Waals surface area (Å²) in [5.41, 5.74) is 7.32. The lowest BCUT2D eigenvalue weighted by Crippen LogP contribution is -2.18. The molecule has 0 atom stereocenters. The predicted molar refractivity (Wildman–Crippen MR) is 102 cm³/mol. The molecule has 5 nitrogen and oxygen atoms in total. The molecule has 1 N–H and O–H groups in total. The Morgan fingerprint density at radius 1 is 1.00 bits per heavy atom. The van der Waals surface area contributed by atoms with Crippen molar-refractivity contribution in [3.63, 3.8) is 0 Å². The number of hydrazone groups is 1. The molecule has 136 valence electrons. The maximum absolute atomic E-state index is 12.1. The standard InChI is InChI=1S/C21H24N2O3/c1-21(2,3)15-8-6-13(7-9-15)20-16-12-18(26-5)17(25-4)10-14(16)11-19(24)22-23-20/h6-10,12H,11H2,1-5H3,(H,22,24). The maximum Gasteiger partial charge on any atom is 0.244 e. The Kier molecular flexibility index (Phi) is 4.72.